The highest BCUT2D eigenvalue weighted by molar-refractivity contribution is 5.86. The molecule has 2 aromatic rings. The number of ether oxygens (including phenoxy) is 3. The molecule has 2 aliphatic heterocycles. The standard InChI is InChI=1S/C35H46N4O6/c1-24(2)44-34(42)38-19-16-26(17-20-38)23-43-30-14-12-28(13-15-30)27-10-8-25(9-11-27)21-31(37-33(41)45-35(3,4)5)32(40)39-18-6-7-29(39)22-36/h8-15,24,26,29,31H,6-7,16-21,23H2,1-5H3,(H,37,41)/t29-,31?/m0/s1. The Balaban J connectivity index is 1.33. The van der Waals surface area contributed by atoms with E-state index in [9.17, 15) is 19.6 Å². The van der Waals surface area contributed by atoms with Crippen LogP contribution < -0.4 is 10.1 Å². The Morgan fingerprint density at radius 2 is 1.58 bits per heavy atom. The number of hydrogen-bond donors (Lipinski definition) is 1. The van der Waals surface area contributed by atoms with E-state index in [1.807, 2.05) is 62.4 Å². The van der Waals surface area contributed by atoms with Crippen molar-refractivity contribution in [3.8, 4) is 22.9 Å². The minimum Gasteiger partial charge on any atom is -0.493 e. The number of carbonyl (C=O) groups is 3. The number of nitriles is 1. The summed E-state index contributed by atoms with van der Waals surface area (Å²) in [7, 11) is 0. The van der Waals surface area contributed by atoms with Gasteiger partial charge >= 0.3 is 12.2 Å². The van der Waals surface area contributed by atoms with Crippen molar-refractivity contribution in [2.45, 2.75) is 90.5 Å². The summed E-state index contributed by atoms with van der Waals surface area (Å²) in [4.78, 5) is 41.5. The zero-order valence-electron chi connectivity index (χ0n) is 27.1. The predicted molar refractivity (Wildman–Crippen MR) is 170 cm³/mol. The van der Waals surface area contributed by atoms with Crippen molar-refractivity contribution in [1.82, 2.24) is 15.1 Å². The second kappa shape index (κ2) is 15.2. The van der Waals surface area contributed by atoms with Crippen LogP contribution in [0.2, 0.25) is 0 Å². The molecule has 0 aromatic heterocycles. The fourth-order valence-corrected chi connectivity index (χ4v) is 5.60. The number of likely N-dealkylation sites (tertiary alicyclic amines) is 2. The lowest BCUT2D eigenvalue weighted by Crippen LogP contribution is -2.51. The highest BCUT2D eigenvalue weighted by Gasteiger charge is 2.35. The average molecular weight is 619 g/mol. The summed E-state index contributed by atoms with van der Waals surface area (Å²) in [5, 5.41) is 12.3. The lowest BCUT2D eigenvalue weighted by Gasteiger charge is -2.31. The number of rotatable bonds is 9. The van der Waals surface area contributed by atoms with Gasteiger partial charge in [0.1, 0.15) is 23.4 Å². The number of benzene rings is 2. The van der Waals surface area contributed by atoms with Crippen LogP contribution in [-0.4, -0.2) is 77.9 Å². The predicted octanol–water partition coefficient (Wildman–Crippen LogP) is 5.94. The number of amides is 3. The summed E-state index contributed by atoms with van der Waals surface area (Å²) in [6, 6.07) is 16.7. The van der Waals surface area contributed by atoms with Crippen LogP contribution >= 0.6 is 0 Å². The number of alkyl carbamates (subject to hydrolysis) is 1. The summed E-state index contributed by atoms with van der Waals surface area (Å²) in [6.07, 6.45) is 2.42. The molecule has 0 saturated carbocycles. The van der Waals surface area contributed by atoms with E-state index in [2.05, 4.69) is 11.4 Å². The van der Waals surface area contributed by atoms with Crippen LogP contribution in [-0.2, 0) is 20.7 Å². The topological polar surface area (TPSA) is 121 Å². The summed E-state index contributed by atoms with van der Waals surface area (Å²) >= 11 is 0. The molecule has 45 heavy (non-hydrogen) atoms. The van der Waals surface area contributed by atoms with E-state index in [0.29, 0.717) is 38.6 Å². The Kier molecular flexibility index (Phi) is 11.3. The molecular weight excluding hydrogens is 572 g/mol. The van der Waals surface area contributed by atoms with Gasteiger partial charge in [0, 0.05) is 26.1 Å². The molecule has 2 aromatic carbocycles. The minimum absolute atomic E-state index is 0.116. The molecular formula is C35H46N4O6. The lowest BCUT2D eigenvalue weighted by molar-refractivity contribution is -0.133. The van der Waals surface area contributed by atoms with Crippen LogP contribution in [0.3, 0.4) is 0 Å². The van der Waals surface area contributed by atoms with E-state index in [0.717, 1.165) is 41.7 Å². The number of nitrogens with one attached hydrogen (secondary N) is 1. The van der Waals surface area contributed by atoms with Crippen molar-refractivity contribution in [3.63, 3.8) is 0 Å². The molecule has 4 rings (SSSR count). The first-order valence-corrected chi connectivity index (χ1v) is 15.9. The van der Waals surface area contributed by atoms with Gasteiger partial charge in [-0.25, -0.2) is 9.59 Å². The van der Waals surface area contributed by atoms with Crippen molar-refractivity contribution < 1.29 is 28.6 Å². The third kappa shape index (κ3) is 9.87. The lowest BCUT2D eigenvalue weighted by atomic mass is 9.98. The fraction of sp³-hybridized carbons (Fsp3) is 0.543. The van der Waals surface area contributed by atoms with Crippen molar-refractivity contribution in [2.24, 2.45) is 5.92 Å². The van der Waals surface area contributed by atoms with Crippen molar-refractivity contribution in [1.29, 1.82) is 5.26 Å². The van der Waals surface area contributed by atoms with Crippen LogP contribution in [0.1, 0.15) is 65.9 Å². The quantitative estimate of drug-likeness (QED) is 0.369. The molecule has 10 nitrogen and oxygen atoms in total. The van der Waals surface area contributed by atoms with Gasteiger partial charge in [-0.15, -0.1) is 0 Å². The zero-order valence-corrected chi connectivity index (χ0v) is 27.1. The maximum absolute atomic E-state index is 13.4. The molecule has 242 valence electrons. The van der Waals surface area contributed by atoms with Gasteiger partial charge in [0.05, 0.1) is 18.8 Å². The molecule has 1 N–H and O–H groups in total. The Bertz CT molecular complexity index is 1340. The smallest absolute Gasteiger partial charge is 0.410 e. The van der Waals surface area contributed by atoms with Gasteiger partial charge in [0.2, 0.25) is 5.91 Å². The van der Waals surface area contributed by atoms with Gasteiger partial charge in [0.15, 0.2) is 0 Å². The zero-order chi connectivity index (χ0) is 32.6. The SMILES string of the molecule is CC(C)OC(=O)N1CCC(COc2ccc(-c3ccc(CC(NC(=O)OC(C)(C)C)C(=O)N4CCC[C@H]4C#N)cc3)cc2)CC1. The van der Waals surface area contributed by atoms with E-state index in [1.165, 1.54) is 0 Å². The first-order valence-electron chi connectivity index (χ1n) is 15.9. The van der Waals surface area contributed by atoms with Gasteiger partial charge in [-0.1, -0.05) is 36.4 Å². The van der Waals surface area contributed by atoms with Crippen LogP contribution in [0.5, 0.6) is 5.75 Å². The highest BCUT2D eigenvalue weighted by Crippen LogP contribution is 2.26. The Morgan fingerprint density at radius 1 is 0.956 bits per heavy atom. The van der Waals surface area contributed by atoms with E-state index < -0.39 is 23.8 Å². The molecule has 2 heterocycles. The van der Waals surface area contributed by atoms with Gasteiger partial charge in [-0.2, -0.15) is 5.26 Å². The van der Waals surface area contributed by atoms with Crippen LogP contribution in [0.4, 0.5) is 9.59 Å². The molecule has 2 atom stereocenters. The summed E-state index contributed by atoms with van der Waals surface area (Å²) in [6.45, 7) is 11.5. The highest BCUT2D eigenvalue weighted by atomic mass is 16.6. The van der Waals surface area contributed by atoms with Gasteiger partial charge in [-0.05, 0) is 95.0 Å². The summed E-state index contributed by atoms with van der Waals surface area (Å²) in [5.41, 5.74) is 2.21. The Morgan fingerprint density at radius 3 is 2.16 bits per heavy atom. The minimum atomic E-state index is -0.850. The molecule has 0 bridgehead atoms. The Labute approximate surface area is 266 Å². The number of hydrogen-bond acceptors (Lipinski definition) is 7. The van der Waals surface area contributed by atoms with E-state index in [4.69, 9.17) is 14.2 Å². The van der Waals surface area contributed by atoms with Crippen molar-refractivity contribution in [3.05, 3.63) is 54.1 Å². The van der Waals surface area contributed by atoms with Crippen molar-refractivity contribution in [2.75, 3.05) is 26.2 Å². The van der Waals surface area contributed by atoms with Gasteiger partial charge in [-0.3, -0.25) is 4.79 Å². The molecule has 2 aliphatic rings. The molecule has 3 amide bonds. The Hall–Kier alpha value is -4.26. The molecule has 2 saturated heterocycles. The number of carbonyl (C=O) groups excluding carboxylic acids is 3. The second-order valence-electron chi connectivity index (χ2n) is 13.1. The fourth-order valence-electron chi connectivity index (χ4n) is 5.60. The molecule has 0 radical (unpaired) electrons. The van der Waals surface area contributed by atoms with Crippen molar-refractivity contribution >= 4 is 18.1 Å². The van der Waals surface area contributed by atoms with E-state index >= 15 is 0 Å². The first-order chi connectivity index (χ1) is 21.4. The molecule has 2 fully saturated rings. The summed E-state index contributed by atoms with van der Waals surface area (Å²) in [5.74, 6) is 0.907. The second-order valence-corrected chi connectivity index (χ2v) is 13.1. The maximum Gasteiger partial charge on any atom is 0.410 e. The normalized spacial score (nSPS) is 17.8. The monoisotopic (exact) mass is 618 g/mol. The van der Waals surface area contributed by atoms with Crippen LogP contribution in [0, 0.1) is 17.2 Å². The average Bonchev–Trinajstić information content (AvgIpc) is 3.48. The summed E-state index contributed by atoms with van der Waals surface area (Å²) < 4.78 is 16.8. The molecule has 0 spiro atoms. The number of nitrogens with zero attached hydrogens (tertiary/aromatic N) is 3. The molecule has 0 aliphatic carbocycles. The van der Waals surface area contributed by atoms with Crippen LogP contribution in [0.15, 0.2) is 48.5 Å². The largest absolute Gasteiger partial charge is 0.493 e. The maximum atomic E-state index is 13.4. The molecule has 10 heteroatoms. The van der Waals surface area contributed by atoms with E-state index in [1.54, 1.807) is 30.6 Å². The third-order valence-corrected chi connectivity index (χ3v) is 7.95. The van der Waals surface area contributed by atoms with Crippen LogP contribution in [0.25, 0.3) is 11.1 Å². The van der Waals surface area contributed by atoms with E-state index in [-0.39, 0.29) is 24.5 Å². The van der Waals surface area contributed by atoms with Gasteiger partial charge < -0.3 is 29.3 Å². The number of piperidine rings is 1. The van der Waals surface area contributed by atoms with Gasteiger partial charge in [0.25, 0.3) is 0 Å². The first kappa shape index (κ1) is 33.6. The molecule has 1 unspecified atom stereocenters. The third-order valence-electron chi connectivity index (χ3n) is 7.95.